The number of rotatable bonds is 6. The number of anilines is 1. The van der Waals surface area contributed by atoms with Crippen LogP contribution in [0, 0.1) is 28.7 Å². The molecule has 2 rings (SSSR count). The largest absolute Gasteiger partial charge is 0.340 e. The summed E-state index contributed by atoms with van der Waals surface area (Å²) in [5.74, 6) is -2.83. The number of hydrogen-bond acceptors (Lipinski definition) is 3. The van der Waals surface area contributed by atoms with Gasteiger partial charge in [0.2, 0.25) is 18.0 Å². The Morgan fingerprint density at radius 2 is 1.96 bits per heavy atom. The number of carbonyl (C=O) groups excluding carboxylic acids is 1. The monoisotopic (exact) mass is 356 g/mol. The molecule has 0 N–H and O–H groups in total. The first-order chi connectivity index (χ1) is 11.8. The zero-order valence-electron chi connectivity index (χ0n) is 12.9. The summed E-state index contributed by atoms with van der Waals surface area (Å²) in [5.41, 5.74) is -1.79. The van der Waals surface area contributed by atoms with E-state index < -0.39 is 28.7 Å². The van der Waals surface area contributed by atoms with E-state index in [2.05, 4.69) is 0 Å². The minimum absolute atomic E-state index is 0.224. The Hall–Kier alpha value is -2.97. The first kappa shape index (κ1) is 18.4. The van der Waals surface area contributed by atoms with E-state index in [0.717, 1.165) is 17.9 Å². The molecule has 0 saturated heterocycles. The molecule has 0 radical (unpaired) electrons. The van der Waals surface area contributed by atoms with Crippen LogP contribution in [0.5, 0.6) is 0 Å². The van der Waals surface area contributed by atoms with Crippen molar-refractivity contribution in [2.75, 3.05) is 4.90 Å². The zero-order valence-corrected chi connectivity index (χ0v) is 12.9. The lowest BCUT2D eigenvalue weighted by Gasteiger charge is -2.20. The molecule has 0 aromatic heterocycles. The topological polar surface area (TPSA) is 63.5 Å². The minimum Gasteiger partial charge on any atom is -0.310 e. The summed E-state index contributed by atoms with van der Waals surface area (Å²) in [5, 5.41) is 10.7. The van der Waals surface area contributed by atoms with Crippen molar-refractivity contribution in [3.05, 3.63) is 68.8 Å². The molecule has 0 heterocycles. The molecule has 0 unspecified atom stereocenters. The molecule has 0 aliphatic heterocycles. The smallest absolute Gasteiger partial charge is 0.310 e. The minimum atomic E-state index is -2.71. The fourth-order valence-corrected chi connectivity index (χ4v) is 2.36. The van der Waals surface area contributed by atoms with Gasteiger partial charge in [0.05, 0.1) is 17.2 Å². The van der Waals surface area contributed by atoms with Crippen LogP contribution in [0.1, 0.15) is 23.1 Å². The van der Waals surface area contributed by atoms with Crippen LogP contribution in [-0.4, -0.2) is 11.3 Å². The molecular weight excluding hydrogens is 344 g/mol. The second kappa shape index (κ2) is 7.29. The highest BCUT2D eigenvalue weighted by Gasteiger charge is 2.27. The highest BCUT2D eigenvalue weighted by Crippen LogP contribution is 2.32. The maximum Gasteiger partial charge on any atom is 0.340 e. The summed E-state index contributed by atoms with van der Waals surface area (Å²) in [6.45, 7) is 0.921. The predicted octanol–water partition coefficient (Wildman–Crippen LogP) is 4.28. The molecule has 2 aromatic carbocycles. The number of amides is 1. The van der Waals surface area contributed by atoms with Crippen molar-refractivity contribution in [3.8, 4) is 0 Å². The van der Waals surface area contributed by atoms with E-state index in [-0.39, 0.29) is 29.8 Å². The van der Waals surface area contributed by atoms with E-state index in [1.165, 1.54) is 18.2 Å². The molecule has 25 heavy (non-hydrogen) atoms. The molecule has 1 amide bonds. The van der Waals surface area contributed by atoms with E-state index in [1.54, 1.807) is 0 Å². The quantitative estimate of drug-likeness (QED) is 0.336. The van der Waals surface area contributed by atoms with Gasteiger partial charge >= 0.3 is 5.69 Å². The highest BCUT2D eigenvalue weighted by molar-refractivity contribution is 5.78. The first-order valence-electron chi connectivity index (χ1n) is 6.98. The molecule has 0 spiro atoms. The maximum atomic E-state index is 14.1. The van der Waals surface area contributed by atoms with E-state index in [4.69, 9.17) is 0 Å². The first-order valence-corrected chi connectivity index (χ1v) is 6.98. The van der Waals surface area contributed by atoms with Crippen molar-refractivity contribution in [3.63, 3.8) is 0 Å². The van der Waals surface area contributed by atoms with Crippen molar-refractivity contribution < 1.29 is 27.3 Å². The average Bonchev–Trinajstić information content (AvgIpc) is 2.56. The molecule has 5 nitrogen and oxygen atoms in total. The van der Waals surface area contributed by atoms with Crippen LogP contribution in [-0.2, 0) is 11.3 Å². The van der Waals surface area contributed by atoms with Crippen LogP contribution in [0.25, 0.3) is 0 Å². The summed E-state index contributed by atoms with van der Waals surface area (Å²) in [6, 6.07) is 5.87. The Kier molecular flexibility index (Phi) is 5.35. The third kappa shape index (κ3) is 3.76. The molecule has 2 aromatic rings. The predicted molar refractivity (Wildman–Crippen MR) is 81.4 cm³/mol. The van der Waals surface area contributed by atoms with Crippen LogP contribution in [0.4, 0.5) is 28.9 Å². The Balaban J connectivity index is 2.43. The number of nitrogens with zero attached hydrogens (tertiary/aromatic N) is 2. The number of hydrogen-bond donors (Lipinski definition) is 0. The van der Waals surface area contributed by atoms with E-state index in [1.807, 2.05) is 0 Å². The number of carbonyl (C=O) groups is 1. The van der Waals surface area contributed by atoms with Crippen LogP contribution >= 0.6 is 0 Å². The third-order valence-electron chi connectivity index (χ3n) is 3.59. The SMILES string of the molecule is Cc1c(N(C=O)Cc2cccc(C(F)F)c2)cc(F)c([N+](=O)[O-])c1F. The van der Waals surface area contributed by atoms with Gasteiger partial charge in [-0.2, -0.15) is 8.78 Å². The Morgan fingerprint density at radius 1 is 1.28 bits per heavy atom. The molecule has 0 aliphatic carbocycles. The summed E-state index contributed by atoms with van der Waals surface area (Å²) >= 11 is 0. The average molecular weight is 356 g/mol. The fourth-order valence-electron chi connectivity index (χ4n) is 2.36. The Labute approximate surface area is 139 Å². The molecule has 132 valence electrons. The van der Waals surface area contributed by atoms with Gasteiger partial charge in [-0.25, -0.2) is 8.78 Å². The highest BCUT2D eigenvalue weighted by atomic mass is 19.3. The third-order valence-corrected chi connectivity index (χ3v) is 3.59. The lowest BCUT2D eigenvalue weighted by atomic mass is 10.1. The van der Waals surface area contributed by atoms with Gasteiger partial charge in [0, 0.05) is 17.2 Å². The molecule has 0 atom stereocenters. The Bertz CT molecular complexity index is 827. The molecule has 0 saturated carbocycles. The second-order valence-corrected chi connectivity index (χ2v) is 5.20. The summed E-state index contributed by atoms with van der Waals surface area (Å²) in [6.07, 6.45) is -2.44. The van der Waals surface area contributed by atoms with Crippen LogP contribution in [0.15, 0.2) is 30.3 Å². The zero-order chi connectivity index (χ0) is 18.7. The van der Waals surface area contributed by atoms with Gasteiger partial charge in [0.15, 0.2) is 0 Å². The van der Waals surface area contributed by atoms with Gasteiger partial charge in [0.25, 0.3) is 6.43 Å². The van der Waals surface area contributed by atoms with Gasteiger partial charge < -0.3 is 4.90 Å². The van der Waals surface area contributed by atoms with Gasteiger partial charge in [0.1, 0.15) is 0 Å². The lowest BCUT2D eigenvalue weighted by Crippen LogP contribution is -2.22. The van der Waals surface area contributed by atoms with Crippen molar-refractivity contribution in [1.82, 2.24) is 0 Å². The van der Waals surface area contributed by atoms with Crippen molar-refractivity contribution >= 4 is 17.8 Å². The molecular formula is C16H12F4N2O3. The van der Waals surface area contributed by atoms with Gasteiger partial charge in [-0.3, -0.25) is 14.9 Å². The molecule has 0 fully saturated rings. The molecule has 0 bridgehead atoms. The van der Waals surface area contributed by atoms with E-state index in [0.29, 0.717) is 11.6 Å². The normalized spacial score (nSPS) is 10.8. The lowest BCUT2D eigenvalue weighted by molar-refractivity contribution is -0.390. The van der Waals surface area contributed by atoms with Crippen LogP contribution in [0.2, 0.25) is 0 Å². The number of alkyl halides is 2. The van der Waals surface area contributed by atoms with Crippen molar-refractivity contribution in [2.24, 2.45) is 0 Å². The number of benzene rings is 2. The van der Waals surface area contributed by atoms with E-state index >= 15 is 0 Å². The molecule has 0 aliphatic rings. The van der Waals surface area contributed by atoms with Gasteiger partial charge in [-0.1, -0.05) is 18.2 Å². The van der Waals surface area contributed by atoms with Crippen molar-refractivity contribution in [2.45, 2.75) is 19.9 Å². The second-order valence-electron chi connectivity index (χ2n) is 5.20. The summed E-state index contributed by atoms with van der Waals surface area (Å²) < 4.78 is 53.3. The molecule has 9 heteroatoms. The summed E-state index contributed by atoms with van der Waals surface area (Å²) in [4.78, 5) is 21.7. The number of nitro groups is 1. The van der Waals surface area contributed by atoms with Gasteiger partial charge in [-0.05, 0) is 18.6 Å². The Morgan fingerprint density at radius 3 is 2.52 bits per heavy atom. The van der Waals surface area contributed by atoms with Crippen LogP contribution in [0.3, 0.4) is 0 Å². The summed E-state index contributed by atoms with van der Waals surface area (Å²) in [7, 11) is 0. The van der Waals surface area contributed by atoms with Crippen molar-refractivity contribution in [1.29, 1.82) is 0 Å². The van der Waals surface area contributed by atoms with Crippen LogP contribution < -0.4 is 4.90 Å². The number of halogens is 4. The standard InChI is InChI=1S/C16H12F4N2O3/c1-9-13(6-12(17)15(14(9)18)22(24)25)21(8-23)7-10-3-2-4-11(5-10)16(19)20/h2-6,8,16H,7H2,1H3. The van der Waals surface area contributed by atoms with E-state index in [9.17, 15) is 32.5 Å². The number of nitro benzene ring substituents is 1. The van der Waals surface area contributed by atoms with Gasteiger partial charge in [-0.15, -0.1) is 0 Å². The fraction of sp³-hybridized carbons (Fsp3) is 0.188. The maximum absolute atomic E-state index is 14.1.